The first-order valence-corrected chi connectivity index (χ1v) is 12.3. The molecule has 1 atom stereocenters. The molecule has 2 aromatic carbocycles. The van der Waals surface area contributed by atoms with Gasteiger partial charge < -0.3 is 9.47 Å². The standard InChI is InChI=1S/C26H23BrN2O4S/c1-4-14-33-20-9-7-6-8-18(20)15-21-24(30)29-23(17-10-12-19(27)13-11-17)22(25(31)32-5-2)16(3)28-26(29)34-21/h4,6-13,15,23H,1,5,14H2,2-3H3/b21-15-/t23-/m1/s1. The minimum absolute atomic E-state index is 0.231. The molecule has 4 rings (SSSR count). The Kier molecular flexibility index (Phi) is 7.29. The molecule has 0 N–H and O–H groups in total. The zero-order chi connectivity index (χ0) is 24.2. The Bertz CT molecular complexity index is 1450. The minimum Gasteiger partial charge on any atom is -0.489 e. The molecular formula is C26H23BrN2O4S. The van der Waals surface area contributed by atoms with E-state index in [1.807, 2.05) is 48.5 Å². The molecule has 0 saturated carbocycles. The van der Waals surface area contributed by atoms with Crippen LogP contribution in [0.5, 0.6) is 5.75 Å². The maximum Gasteiger partial charge on any atom is 0.338 e. The largest absolute Gasteiger partial charge is 0.489 e. The predicted octanol–water partition coefficient (Wildman–Crippen LogP) is 4.13. The third kappa shape index (κ3) is 4.69. The molecule has 8 heteroatoms. The Morgan fingerprint density at radius 3 is 2.68 bits per heavy atom. The van der Waals surface area contributed by atoms with Crippen LogP contribution in [0.25, 0.3) is 6.08 Å². The van der Waals surface area contributed by atoms with Gasteiger partial charge in [0.25, 0.3) is 5.56 Å². The Morgan fingerprint density at radius 1 is 1.24 bits per heavy atom. The van der Waals surface area contributed by atoms with Crippen molar-refractivity contribution in [2.75, 3.05) is 13.2 Å². The van der Waals surface area contributed by atoms with Gasteiger partial charge in [0.2, 0.25) is 0 Å². The number of hydrogen-bond acceptors (Lipinski definition) is 6. The van der Waals surface area contributed by atoms with E-state index in [9.17, 15) is 9.59 Å². The third-order valence-electron chi connectivity index (χ3n) is 5.27. The second-order valence-electron chi connectivity index (χ2n) is 7.49. The highest BCUT2D eigenvalue weighted by molar-refractivity contribution is 9.10. The topological polar surface area (TPSA) is 69.9 Å². The molecule has 1 aliphatic heterocycles. The van der Waals surface area contributed by atoms with Gasteiger partial charge in [-0.05, 0) is 43.7 Å². The van der Waals surface area contributed by atoms with Gasteiger partial charge in [-0.3, -0.25) is 9.36 Å². The average Bonchev–Trinajstić information content (AvgIpc) is 3.12. The van der Waals surface area contributed by atoms with E-state index in [1.54, 1.807) is 30.6 Å². The zero-order valence-corrected chi connectivity index (χ0v) is 21.2. The maximum atomic E-state index is 13.7. The van der Waals surface area contributed by atoms with Crippen molar-refractivity contribution in [2.45, 2.75) is 19.9 Å². The van der Waals surface area contributed by atoms with Gasteiger partial charge in [-0.1, -0.05) is 70.3 Å². The van der Waals surface area contributed by atoms with Crippen molar-refractivity contribution in [3.8, 4) is 5.75 Å². The average molecular weight is 539 g/mol. The van der Waals surface area contributed by atoms with Gasteiger partial charge in [-0.25, -0.2) is 9.79 Å². The summed E-state index contributed by atoms with van der Waals surface area (Å²) in [6, 6.07) is 14.4. The lowest BCUT2D eigenvalue weighted by molar-refractivity contribution is -0.139. The van der Waals surface area contributed by atoms with Crippen LogP contribution in [0, 0.1) is 0 Å². The van der Waals surface area contributed by atoms with Gasteiger partial charge in [0.15, 0.2) is 4.80 Å². The highest BCUT2D eigenvalue weighted by Crippen LogP contribution is 2.31. The number of halogens is 1. The summed E-state index contributed by atoms with van der Waals surface area (Å²) in [5.74, 6) is 0.176. The summed E-state index contributed by atoms with van der Waals surface area (Å²) in [6.07, 6.45) is 3.47. The molecule has 1 aromatic heterocycles. The molecule has 174 valence electrons. The fraction of sp³-hybridized carbons (Fsp3) is 0.192. The first-order chi connectivity index (χ1) is 16.4. The van der Waals surface area contributed by atoms with Crippen LogP contribution in [0.1, 0.15) is 31.0 Å². The van der Waals surface area contributed by atoms with Crippen molar-refractivity contribution in [1.29, 1.82) is 0 Å². The Labute approximate surface area is 209 Å². The SMILES string of the molecule is C=CCOc1ccccc1/C=c1\sc2n(c1=O)[C@H](c1ccc(Br)cc1)C(C(=O)OCC)=C(C)N=2. The number of thiazole rings is 1. The van der Waals surface area contributed by atoms with Crippen molar-refractivity contribution in [3.63, 3.8) is 0 Å². The van der Waals surface area contributed by atoms with Crippen molar-refractivity contribution >= 4 is 39.3 Å². The van der Waals surface area contributed by atoms with Crippen molar-refractivity contribution in [1.82, 2.24) is 4.57 Å². The molecule has 0 fully saturated rings. The lowest BCUT2D eigenvalue weighted by atomic mass is 9.96. The summed E-state index contributed by atoms with van der Waals surface area (Å²) in [6.45, 7) is 7.80. The molecule has 0 amide bonds. The molecule has 1 aliphatic rings. The molecule has 6 nitrogen and oxygen atoms in total. The number of para-hydroxylation sites is 1. The van der Waals surface area contributed by atoms with Crippen LogP contribution < -0.4 is 19.6 Å². The summed E-state index contributed by atoms with van der Waals surface area (Å²) in [5.41, 5.74) is 2.23. The molecule has 0 unspecified atom stereocenters. The number of nitrogens with zero attached hydrogens (tertiary/aromatic N) is 2. The number of allylic oxidation sites excluding steroid dienone is 1. The fourth-order valence-electron chi connectivity index (χ4n) is 3.77. The lowest BCUT2D eigenvalue weighted by Gasteiger charge is -2.24. The Balaban J connectivity index is 1.92. The van der Waals surface area contributed by atoms with Gasteiger partial charge in [0.05, 0.1) is 28.5 Å². The number of esters is 1. The van der Waals surface area contributed by atoms with Crippen LogP contribution in [0.4, 0.5) is 0 Å². The number of hydrogen-bond donors (Lipinski definition) is 0. The number of carbonyl (C=O) groups is 1. The monoisotopic (exact) mass is 538 g/mol. The predicted molar refractivity (Wildman–Crippen MR) is 137 cm³/mol. The molecule has 0 bridgehead atoms. The quantitative estimate of drug-likeness (QED) is 0.335. The second kappa shape index (κ2) is 10.4. The van der Waals surface area contributed by atoms with Crippen LogP contribution in [0.2, 0.25) is 0 Å². The van der Waals surface area contributed by atoms with Crippen LogP contribution in [0.15, 0.2) is 86.7 Å². The van der Waals surface area contributed by atoms with E-state index in [4.69, 9.17) is 9.47 Å². The molecule has 0 saturated heterocycles. The summed E-state index contributed by atoms with van der Waals surface area (Å²) in [4.78, 5) is 31.7. The van der Waals surface area contributed by atoms with Gasteiger partial charge in [-0.2, -0.15) is 0 Å². The van der Waals surface area contributed by atoms with Crippen LogP contribution in [0.3, 0.4) is 0 Å². The summed E-state index contributed by atoms with van der Waals surface area (Å²) < 4.78 is 14.0. The molecule has 0 radical (unpaired) electrons. The molecule has 0 spiro atoms. The highest BCUT2D eigenvalue weighted by atomic mass is 79.9. The third-order valence-corrected chi connectivity index (χ3v) is 6.78. The molecular weight excluding hydrogens is 516 g/mol. The first-order valence-electron chi connectivity index (χ1n) is 10.7. The van der Waals surface area contributed by atoms with E-state index in [2.05, 4.69) is 27.5 Å². The van der Waals surface area contributed by atoms with E-state index in [0.29, 0.717) is 33.0 Å². The fourth-order valence-corrected chi connectivity index (χ4v) is 5.07. The van der Waals surface area contributed by atoms with E-state index < -0.39 is 12.0 Å². The van der Waals surface area contributed by atoms with Gasteiger partial charge >= 0.3 is 5.97 Å². The first kappa shape index (κ1) is 23.9. The Hall–Kier alpha value is -3.23. The van der Waals surface area contributed by atoms with Crippen molar-refractivity contribution in [3.05, 3.63) is 108 Å². The summed E-state index contributed by atoms with van der Waals surface area (Å²) in [5, 5.41) is 0. The summed E-state index contributed by atoms with van der Waals surface area (Å²) in [7, 11) is 0. The summed E-state index contributed by atoms with van der Waals surface area (Å²) >= 11 is 4.73. The smallest absolute Gasteiger partial charge is 0.338 e. The molecule has 0 aliphatic carbocycles. The number of aromatic nitrogens is 1. The normalized spacial score (nSPS) is 15.5. The van der Waals surface area contributed by atoms with Crippen LogP contribution in [-0.2, 0) is 9.53 Å². The number of ether oxygens (including phenoxy) is 2. The number of carbonyl (C=O) groups excluding carboxylic acids is 1. The second-order valence-corrected chi connectivity index (χ2v) is 9.42. The van der Waals surface area contributed by atoms with E-state index >= 15 is 0 Å². The van der Waals surface area contributed by atoms with Gasteiger partial charge in [-0.15, -0.1) is 0 Å². The lowest BCUT2D eigenvalue weighted by Crippen LogP contribution is -2.39. The molecule has 3 aromatic rings. The Morgan fingerprint density at radius 2 is 1.97 bits per heavy atom. The van der Waals surface area contributed by atoms with E-state index in [1.165, 1.54) is 11.3 Å². The van der Waals surface area contributed by atoms with Gasteiger partial charge in [0, 0.05) is 10.0 Å². The zero-order valence-electron chi connectivity index (χ0n) is 18.8. The highest BCUT2D eigenvalue weighted by Gasteiger charge is 2.33. The molecule has 34 heavy (non-hydrogen) atoms. The van der Waals surface area contributed by atoms with Crippen LogP contribution in [-0.4, -0.2) is 23.8 Å². The van der Waals surface area contributed by atoms with Crippen LogP contribution >= 0.6 is 27.3 Å². The van der Waals surface area contributed by atoms with Gasteiger partial charge in [0.1, 0.15) is 12.4 Å². The maximum absolute atomic E-state index is 13.7. The van der Waals surface area contributed by atoms with E-state index in [0.717, 1.165) is 15.6 Å². The minimum atomic E-state index is -0.641. The van der Waals surface area contributed by atoms with E-state index in [-0.39, 0.29) is 12.2 Å². The number of fused-ring (bicyclic) bond motifs is 1. The van der Waals surface area contributed by atoms with Crippen molar-refractivity contribution < 1.29 is 14.3 Å². The van der Waals surface area contributed by atoms with Crippen molar-refractivity contribution in [2.24, 2.45) is 4.99 Å². The number of benzene rings is 2. The molecule has 2 heterocycles. The number of rotatable bonds is 7.